The molecule has 0 bridgehead atoms. The minimum Gasteiger partial charge on any atom is -0.320 e. The molecule has 1 fully saturated rings. The lowest BCUT2D eigenvalue weighted by Gasteiger charge is -2.08. The van der Waals surface area contributed by atoms with Crippen LogP contribution in [0, 0.1) is 17.0 Å². The Balaban J connectivity index is 2.03. The maximum absolute atomic E-state index is 12.1. The van der Waals surface area contributed by atoms with Crippen molar-refractivity contribution in [3.05, 3.63) is 46.5 Å². The number of rotatable bonds is 6. The Morgan fingerprint density at radius 3 is 3.00 bits per heavy atom. The quantitative estimate of drug-likeness (QED) is 0.464. The Morgan fingerprint density at radius 2 is 2.33 bits per heavy atom. The van der Waals surface area contributed by atoms with E-state index in [1.807, 2.05) is 0 Å². The van der Waals surface area contributed by atoms with Crippen molar-refractivity contribution >= 4 is 40.1 Å². The minimum absolute atomic E-state index is 0.103. The van der Waals surface area contributed by atoms with Crippen LogP contribution < -0.4 is 10.6 Å². The third-order valence-electron chi connectivity index (χ3n) is 3.14. The van der Waals surface area contributed by atoms with E-state index >= 15 is 0 Å². The van der Waals surface area contributed by atoms with E-state index in [0.29, 0.717) is 17.3 Å². The molecule has 0 aromatic heterocycles. The van der Waals surface area contributed by atoms with Crippen molar-refractivity contribution in [1.82, 2.24) is 5.32 Å². The molecule has 1 saturated heterocycles. The van der Waals surface area contributed by atoms with Gasteiger partial charge in [0.2, 0.25) is 11.8 Å². The van der Waals surface area contributed by atoms with Gasteiger partial charge in [0, 0.05) is 12.5 Å². The monoisotopic (exact) mass is 348 g/mol. The van der Waals surface area contributed by atoms with E-state index in [-0.39, 0.29) is 23.7 Å². The fourth-order valence-corrected chi connectivity index (χ4v) is 3.01. The number of nitro groups is 1. The van der Waals surface area contributed by atoms with Crippen molar-refractivity contribution in [1.29, 1.82) is 0 Å². The number of anilines is 1. The Labute approximate surface area is 142 Å². The van der Waals surface area contributed by atoms with Crippen LogP contribution in [0.1, 0.15) is 12.0 Å². The van der Waals surface area contributed by atoms with Gasteiger partial charge in [-0.3, -0.25) is 24.7 Å². The first-order valence-corrected chi connectivity index (χ1v) is 7.96. The number of hydrogen-bond acceptors (Lipinski definition) is 6. The zero-order valence-corrected chi connectivity index (χ0v) is 13.8. The molecule has 0 spiro atoms. The summed E-state index contributed by atoms with van der Waals surface area (Å²) in [5.74, 6) is -0.782. The summed E-state index contributed by atoms with van der Waals surface area (Å²) in [5.41, 5.74) is 0.646. The van der Waals surface area contributed by atoms with Gasteiger partial charge in [0.1, 0.15) is 10.9 Å². The van der Waals surface area contributed by atoms with Crippen LogP contribution in [0.15, 0.2) is 35.8 Å². The second kappa shape index (κ2) is 7.73. The van der Waals surface area contributed by atoms with Gasteiger partial charge in [0.05, 0.1) is 11.5 Å². The molecule has 1 aromatic rings. The third kappa shape index (κ3) is 4.42. The second-order valence-corrected chi connectivity index (χ2v) is 6.25. The highest BCUT2D eigenvalue weighted by molar-refractivity contribution is 8.15. The lowest BCUT2D eigenvalue weighted by Crippen LogP contribution is -2.28. The number of amides is 2. The van der Waals surface area contributed by atoms with Crippen molar-refractivity contribution < 1.29 is 14.5 Å². The largest absolute Gasteiger partial charge is 0.320 e. The molecule has 1 unspecified atom stereocenters. The van der Waals surface area contributed by atoms with Gasteiger partial charge in [-0.1, -0.05) is 23.9 Å². The van der Waals surface area contributed by atoms with E-state index in [4.69, 9.17) is 0 Å². The maximum Gasteiger partial charge on any atom is 0.293 e. The number of aryl methyl sites for hydroxylation is 1. The van der Waals surface area contributed by atoms with Gasteiger partial charge >= 0.3 is 0 Å². The van der Waals surface area contributed by atoms with Crippen LogP contribution in [0.25, 0.3) is 0 Å². The Kier molecular flexibility index (Phi) is 5.69. The molecule has 1 aliphatic heterocycles. The van der Waals surface area contributed by atoms with Crippen molar-refractivity contribution in [2.75, 3.05) is 11.9 Å². The minimum atomic E-state index is -0.613. The number of carbonyl (C=O) groups is 2. The molecule has 9 heteroatoms. The average molecular weight is 348 g/mol. The van der Waals surface area contributed by atoms with E-state index in [1.165, 1.54) is 12.1 Å². The predicted octanol–water partition coefficient (Wildman–Crippen LogP) is 2.01. The van der Waals surface area contributed by atoms with E-state index < -0.39 is 16.1 Å². The average Bonchev–Trinajstić information content (AvgIpc) is 2.86. The van der Waals surface area contributed by atoms with E-state index in [2.05, 4.69) is 22.2 Å². The molecule has 24 heavy (non-hydrogen) atoms. The summed E-state index contributed by atoms with van der Waals surface area (Å²) in [6.45, 7) is 5.63. The molecule has 0 radical (unpaired) electrons. The fraction of sp³-hybridized carbons (Fsp3) is 0.267. The van der Waals surface area contributed by atoms with Crippen LogP contribution in [0.3, 0.4) is 0 Å². The topological polar surface area (TPSA) is 114 Å². The number of carbonyl (C=O) groups excluding carboxylic acids is 2. The van der Waals surface area contributed by atoms with Crippen molar-refractivity contribution in [2.24, 2.45) is 4.99 Å². The Morgan fingerprint density at radius 1 is 1.58 bits per heavy atom. The van der Waals surface area contributed by atoms with Gasteiger partial charge in [-0.15, -0.1) is 6.58 Å². The predicted molar refractivity (Wildman–Crippen MR) is 93.1 cm³/mol. The lowest BCUT2D eigenvalue weighted by atomic mass is 10.2. The molecule has 2 N–H and O–H groups in total. The first-order chi connectivity index (χ1) is 11.4. The summed E-state index contributed by atoms with van der Waals surface area (Å²) in [6, 6.07) is 4.52. The van der Waals surface area contributed by atoms with Crippen LogP contribution in [0.2, 0.25) is 0 Å². The number of thioether (sulfide) groups is 1. The highest BCUT2D eigenvalue weighted by atomic mass is 32.2. The van der Waals surface area contributed by atoms with Crippen LogP contribution in [-0.4, -0.2) is 33.7 Å². The standard InChI is InChI=1S/C15H16N4O4S/c1-3-6-16-15-18-14(21)12(24-15)8-13(20)17-10-5-4-9(2)7-11(10)19(22)23/h3-5,7,12H,1,6,8H2,2H3,(H,17,20)(H,16,18,21). The SMILES string of the molecule is C=CCN=C1NC(=O)C(CC(=O)Nc2ccc(C)cc2[N+](=O)[O-])S1. The molecule has 2 amide bonds. The number of benzene rings is 1. The number of nitro benzene ring substituents is 1. The number of nitrogens with zero attached hydrogens (tertiary/aromatic N) is 2. The summed E-state index contributed by atoms with van der Waals surface area (Å²) in [4.78, 5) is 38.5. The second-order valence-electron chi connectivity index (χ2n) is 5.06. The summed E-state index contributed by atoms with van der Waals surface area (Å²) >= 11 is 1.16. The van der Waals surface area contributed by atoms with Gasteiger partial charge in [0.15, 0.2) is 5.17 Å². The molecule has 1 heterocycles. The van der Waals surface area contributed by atoms with E-state index in [1.54, 1.807) is 19.1 Å². The normalized spacial score (nSPS) is 18.3. The summed E-state index contributed by atoms with van der Waals surface area (Å²) in [7, 11) is 0. The smallest absolute Gasteiger partial charge is 0.293 e. The third-order valence-corrected chi connectivity index (χ3v) is 4.25. The molecular formula is C15H16N4O4S. The van der Waals surface area contributed by atoms with Gasteiger partial charge in [-0.2, -0.15) is 0 Å². The molecule has 0 aliphatic carbocycles. The molecule has 0 saturated carbocycles. The molecule has 126 valence electrons. The van der Waals surface area contributed by atoms with Crippen LogP contribution >= 0.6 is 11.8 Å². The molecular weight excluding hydrogens is 332 g/mol. The molecule has 1 aliphatic rings. The highest BCUT2D eigenvalue weighted by Crippen LogP contribution is 2.27. The number of amidine groups is 1. The van der Waals surface area contributed by atoms with Gasteiger partial charge < -0.3 is 10.6 Å². The summed E-state index contributed by atoms with van der Waals surface area (Å²) < 4.78 is 0. The number of nitrogens with one attached hydrogen (secondary N) is 2. The molecule has 2 rings (SSSR count). The first-order valence-electron chi connectivity index (χ1n) is 7.08. The first kappa shape index (κ1) is 17.7. The van der Waals surface area contributed by atoms with E-state index in [0.717, 1.165) is 11.8 Å². The summed E-state index contributed by atoms with van der Waals surface area (Å²) in [6.07, 6.45) is 1.49. The Hall–Kier alpha value is -2.68. The number of aliphatic imine (C=N–C) groups is 1. The zero-order valence-electron chi connectivity index (χ0n) is 12.9. The van der Waals surface area contributed by atoms with Gasteiger partial charge in [-0.05, 0) is 18.6 Å². The van der Waals surface area contributed by atoms with Crippen molar-refractivity contribution in [2.45, 2.75) is 18.6 Å². The van der Waals surface area contributed by atoms with Crippen LogP contribution in [0.4, 0.5) is 11.4 Å². The van der Waals surface area contributed by atoms with Crippen LogP contribution in [0.5, 0.6) is 0 Å². The molecule has 1 aromatic carbocycles. The Bertz CT molecular complexity index is 732. The zero-order chi connectivity index (χ0) is 17.7. The maximum atomic E-state index is 12.1. The van der Waals surface area contributed by atoms with Crippen molar-refractivity contribution in [3.8, 4) is 0 Å². The highest BCUT2D eigenvalue weighted by Gasteiger charge is 2.32. The lowest BCUT2D eigenvalue weighted by molar-refractivity contribution is -0.384. The summed E-state index contributed by atoms with van der Waals surface area (Å²) in [5, 5.41) is 16.0. The number of hydrogen-bond donors (Lipinski definition) is 2. The van der Waals surface area contributed by atoms with Crippen LogP contribution in [-0.2, 0) is 9.59 Å². The molecule has 1 atom stereocenters. The van der Waals surface area contributed by atoms with E-state index in [9.17, 15) is 19.7 Å². The van der Waals surface area contributed by atoms with Crippen molar-refractivity contribution in [3.63, 3.8) is 0 Å². The van der Waals surface area contributed by atoms with Gasteiger partial charge in [0.25, 0.3) is 5.69 Å². The fourth-order valence-electron chi connectivity index (χ4n) is 2.03. The molecule has 8 nitrogen and oxygen atoms in total. The van der Waals surface area contributed by atoms with Gasteiger partial charge in [-0.25, -0.2) is 0 Å².